The molecule has 1 aliphatic heterocycles. The van der Waals surface area contributed by atoms with Crippen molar-refractivity contribution < 1.29 is 0 Å². The summed E-state index contributed by atoms with van der Waals surface area (Å²) in [5.41, 5.74) is 1.88. The molecule has 82 valence electrons. The number of benzene rings is 1. The Morgan fingerprint density at radius 1 is 1.38 bits per heavy atom. The van der Waals surface area contributed by atoms with Gasteiger partial charge in [0.2, 0.25) is 0 Å². The van der Waals surface area contributed by atoms with E-state index in [1.807, 2.05) is 30.5 Å². The van der Waals surface area contributed by atoms with Gasteiger partial charge in [0.25, 0.3) is 0 Å². The molecule has 1 fully saturated rings. The van der Waals surface area contributed by atoms with Crippen molar-refractivity contribution in [1.29, 1.82) is 5.26 Å². The Hall–Kier alpha value is -1.79. The third-order valence-corrected chi connectivity index (χ3v) is 2.88. The number of hydrogen-bond donors (Lipinski definition) is 0. The summed E-state index contributed by atoms with van der Waals surface area (Å²) in [6.45, 7) is 7.57. The van der Waals surface area contributed by atoms with Crippen LogP contribution in [-0.2, 0) is 6.54 Å². The first-order valence-electron chi connectivity index (χ1n) is 5.40. The first kappa shape index (κ1) is 10.7. The summed E-state index contributed by atoms with van der Waals surface area (Å²) in [5.74, 6) is 0. The summed E-state index contributed by atoms with van der Waals surface area (Å²) in [7, 11) is 0. The minimum atomic E-state index is 0.777. The maximum absolute atomic E-state index is 9.00. The van der Waals surface area contributed by atoms with Crippen molar-refractivity contribution in [3.05, 3.63) is 48.2 Å². The first-order valence-corrected chi connectivity index (χ1v) is 5.40. The minimum absolute atomic E-state index is 0.777. The summed E-state index contributed by atoms with van der Waals surface area (Å²) in [5, 5.41) is 9.00. The second-order valence-corrected chi connectivity index (χ2v) is 3.96. The van der Waals surface area contributed by atoms with Gasteiger partial charge in [-0.15, -0.1) is 0 Å². The van der Waals surface area contributed by atoms with E-state index < -0.39 is 0 Å². The number of rotatable bonds is 3. The van der Waals surface area contributed by atoms with Gasteiger partial charge in [-0.3, -0.25) is 4.90 Å². The molecule has 0 N–H and O–H groups in total. The molecule has 3 heteroatoms. The molecule has 1 aromatic rings. The van der Waals surface area contributed by atoms with Crippen molar-refractivity contribution in [2.24, 2.45) is 0 Å². The van der Waals surface area contributed by atoms with E-state index >= 15 is 0 Å². The van der Waals surface area contributed by atoms with Crippen molar-refractivity contribution in [2.45, 2.75) is 6.54 Å². The summed E-state index contributed by atoms with van der Waals surface area (Å²) >= 11 is 0. The van der Waals surface area contributed by atoms with Gasteiger partial charge in [0.15, 0.2) is 0 Å². The van der Waals surface area contributed by atoms with E-state index in [9.17, 15) is 0 Å². The molecule has 0 saturated carbocycles. The van der Waals surface area contributed by atoms with Gasteiger partial charge in [-0.05, 0) is 17.8 Å². The third-order valence-electron chi connectivity index (χ3n) is 2.88. The Morgan fingerprint density at radius 3 is 2.88 bits per heavy atom. The minimum Gasteiger partial charge on any atom is -0.364 e. The van der Waals surface area contributed by atoms with Gasteiger partial charge in [-0.25, -0.2) is 0 Å². The lowest BCUT2D eigenvalue weighted by atomic mass is 10.1. The van der Waals surface area contributed by atoms with Crippen LogP contribution in [0.2, 0.25) is 0 Å². The highest BCUT2D eigenvalue weighted by Gasteiger charge is 2.17. The van der Waals surface area contributed by atoms with Crippen molar-refractivity contribution in [3.63, 3.8) is 0 Å². The van der Waals surface area contributed by atoms with Crippen molar-refractivity contribution >= 4 is 0 Å². The lowest BCUT2D eigenvalue weighted by Gasteiger charge is -2.16. The van der Waals surface area contributed by atoms with Gasteiger partial charge in [0, 0.05) is 19.6 Å². The van der Waals surface area contributed by atoms with Gasteiger partial charge >= 0.3 is 0 Å². The lowest BCUT2D eigenvalue weighted by Crippen LogP contribution is -2.22. The van der Waals surface area contributed by atoms with Crippen LogP contribution in [0.4, 0.5) is 0 Å². The van der Waals surface area contributed by atoms with E-state index in [2.05, 4.69) is 22.4 Å². The zero-order valence-corrected chi connectivity index (χ0v) is 9.26. The molecule has 2 rings (SSSR count). The standard InChI is InChI=1S/C13H15N3/c1-2-15-7-8-16(11-15)10-13-6-4-3-5-12(13)9-14/h2-6H,1,7-8,10-11H2. The molecule has 0 amide bonds. The average molecular weight is 213 g/mol. The van der Waals surface area contributed by atoms with E-state index in [1.165, 1.54) is 0 Å². The molecule has 0 radical (unpaired) electrons. The predicted molar refractivity (Wildman–Crippen MR) is 63.3 cm³/mol. The summed E-state index contributed by atoms with van der Waals surface area (Å²) < 4.78 is 0. The highest BCUT2D eigenvalue weighted by Crippen LogP contribution is 2.13. The molecule has 0 spiro atoms. The van der Waals surface area contributed by atoms with E-state index in [4.69, 9.17) is 5.26 Å². The second kappa shape index (κ2) is 4.82. The van der Waals surface area contributed by atoms with Crippen molar-refractivity contribution in [3.8, 4) is 6.07 Å². The second-order valence-electron chi connectivity index (χ2n) is 3.96. The van der Waals surface area contributed by atoms with E-state index in [0.717, 1.165) is 37.4 Å². The van der Waals surface area contributed by atoms with Crippen LogP contribution < -0.4 is 0 Å². The number of hydrogen-bond acceptors (Lipinski definition) is 3. The molecule has 0 atom stereocenters. The third kappa shape index (κ3) is 2.23. The van der Waals surface area contributed by atoms with E-state index in [0.29, 0.717) is 0 Å². The Bertz CT molecular complexity index is 419. The predicted octanol–water partition coefficient (Wildman–Crippen LogP) is 1.78. The summed E-state index contributed by atoms with van der Waals surface area (Å²) in [4.78, 5) is 4.49. The summed E-state index contributed by atoms with van der Waals surface area (Å²) in [6.07, 6.45) is 1.87. The lowest BCUT2D eigenvalue weighted by molar-refractivity contribution is 0.282. The van der Waals surface area contributed by atoms with Gasteiger partial charge in [0.05, 0.1) is 18.3 Å². The Morgan fingerprint density at radius 2 is 2.19 bits per heavy atom. The molecule has 0 aromatic heterocycles. The van der Waals surface area contributed by atoms with Crippen LogP contribution in [0.1, 0.15) is 11.1 Å². The molecule has 1 heterocycles. The van der Waals surface area contributed by atoms with E-state index in [1.54, 1.807) is 0 Å². The quantitative estimate of drug-likeness (QED) is 0.766. The molecule has 1 saturated heterocycles. The molecule has 3 nitrogen and oxygen atoms in total. The zero-order valence-electron chi connectivity index (χ0n) is 9.26. The topological polar surface area (TPSA) is 30.3 Å². The van der Waals surface area contributed by atoms with Crippen molar-refractivity contribution in [1.82, 2.24) is 9.80 Å². The SMILES string of the molecule is C=CN1CCN(Cc2ccccc2C#N)C1. The zero-order chi connectivity index (χ0) is 11.4. The number of nitriles is 1. The normalized spacial score (nSPS) is 16.1. The van der Waals surface area contributed by atoms with Crippen LogP contribution in [0, 0.1) is 11.3 Å². The molecule has 16 heavy (non-hydrogen) atoms. The molecule has 0 aliphatic carbocycles. The molecule has 1 aliphatic rings. The van der Waals surface area contributed by atoms with Gasteiger partial charge in [-0.2, -0.15) is 5.26 Å². The van der Waals surface area contributed by atoms with E-state index in [-0.39, 0.29) is 0 Å². The largest absolute Gasteiger partial charge is 0.364 e. The van der Waals surface area contributed by atoms with Crippen LogP contribution in [0.25, 0.3) is 0 Å². The monoisotopic (exact) mass is 213 g/mol. The Balaban J connectivity index is 2.05. The Kier molecular flexibility index (Phi) is 3.23. The highest BCUT2D eigenvalue weighted by atomic mass is 15.4. The molecule has 0 bridgehead atoms. The highest BCUT2D eigenvalue weighted by molar-refractivity contribution is 5.37. The fourth-order valence-electron chi connectivity index (χ4n) is 1.95. The summed E-state index contributed by atoms with van der Waals surface area (Å²) in [6, 6.07) is 10.0. The molecular formula is C13H15N3. The van der Waals surface area contributed by atoms with Crippen LogP contribution in [0.5, 0.6) is 0 Å². The maximum atomic E-state index is 9.00. The fourth-order valence-corrected chi connectivity index (χ4v) is 1.95. The molecule has 0 unspecified atom stereocenters. The van der Waals surface area contributed by atoms with Crippen LogP contribution in [0.3, 0.4) is 0 Å². The number of nitrogens with zero attached hydrogens (tertiary/aromatic N) is 3. The van der Waals surface area contributed by atoms with Gasteiger partial charge in [0.1, 0.15) is 0 Å². The van der Waals surface area contributed by atoms with Crippen LogP contribution in [0.15, 0.2) is 37.0 Å². The average Bonchev–Trinajstić information content (AvgIpc) is 2.77. The van der Waals surface area contributed by atoms with Gasteiger partial charge < -0.3 is 4.90 Å². The van der Waals surface area contributed by atoms with Crippen LogP contribution >= 0.6 is 0 Å². The molecule has 1 aromatic carbocycles. The molecular weight excluding hydrogens is 198 g/mol. The first-order chi connectivity index (χ1) is 7.83. The van der Waals surface area contributed by atoms with Crippen LogP contribution in [-0.4, -0.2) is 29.6 Å². The smallest absolute Gasteiger partial charge is 0.0995 e. The Labute approximate surface area is 96.2 Å². The van der Waals surface area contributed by atoms with Crippen molar-refractivity contribution in [2.75, 3.05) is 19.8 Å². The van der Waals surface area contributed by atoms with Gasteiger partial charge in [-0.1, -0.05) is 24.8 Å². The fraction of sp³-hybridized carbons (Fsp3) is 0.308. The maximum Gasteiger partial charge on any atom is 0.0995 e.